The molecule has 18 heavy (non-hydrogen) atoms. The summed E-state index contributed by atoms with van der Waals surface area (Å²) in [6.07, 6.45) is 4.61. The van der Waals surface area contributed by atoms with Crippen molar-refractivity contribution in [3.63, 3.8) is 0 Å². The van der Waals surface area contributed by atoms with Crippen molar-refractivity contribution in [1.82, 2.24) is 9.97 Å². The zero-order valence-corrected chi connectivity index (χ0v) is 11.4. The summed E-state index contributed by atoms with van der Waals surface area (Å²) in [4.78, 5) is 9.68. The topological polar surface area (TPSA) is 51.8 Å². The van der Waals surface area contributed by atoms with Crippen LogP contribution in [0, 0.1) is 6.92 Å². The van der Waals surface area contributed by atoms with Gasteiger partial charge in [0, 0.05) is 23.3 Å². The average Bonchev–Trinajstić information content (AvgIpc) is 2.41. The molecule has 0 aliphatic carbocycles. The summed E-state index contributed by atoms with van der Waals surface area (Å²) in [5.41, 5.74) is 8.23. The number of aromatic nitrogens is 2. The van der Waals surface area contributed by atoms with E-state index in [2.05, 4.69) is 41.2 Å². The molecule has 0 aliphatic rings. The van der Waals surface area contributed by atoms with E-state index >= 15 is 0 Å². The molecule has 0 saturated heterocycles. The van der Waals surface area contributed by atoms with Gasteiger partial charge < -0.3 is 5.73 Å². The third kappa shape index (κ3) is 3.31. The number of rotatable bonds is 4. The van der Waals surface area contributed by atoms with Crippen LogP contribution in [-0.2, 0) is 0 Å². The lowest BCUT2D eigenvalue weighted by molar-refractivity contribution is 0.698. The van der Waals surface area contributed by atoms with E-state index in [1.807, 2.05) is 19.3 Å². The molecule has 0 unspecified atom stereocenters. The maximum Gasteiger partial charge on any atom is 0.192 e. The Hall–Kier alpha value is -1.39. The summed E-state index contributed by atoms with van der Waals surface area (Å²) in [5, 5.41) is 0.771. The summed E-state index contributed by atoms with van der Waals surface area (Å²) in [6.45, 7) is 4.07. The molecule has 0 spiro atoms. The second-order valence-corrected chi connectivity index (χ2v) is 5.27. The highest BCUT2D eigenvalue weighted by atomic mass is 32.2. The molecule has 2 aromatic rings. The molecule has 4 heteroatoms. The molecular weight excluding hydrogens is 242 g/mol. The second kappa shape index (κ2) is 5.98. The minimum atomic E-state index is 0.125. The van der Waals surface area contributed by atoms with E-state index in [9.17, 15) is 0 Å². The minimum Gasteiger partial charge on any atom is -0.324 e. The molecule has 1 atom stereocenters. The van der Waals surface area contributed by atoms with Gasteiger partial charge in [-0.15, -0.1) is 0 Å². The SMILES string of the molecule is CC[C@@H](N)c1ccc(Sc2ncc(C)cn2)cc1. The lowest BCUT2D eigenvalue weighted by atomic mass is 10.1. The van der Waals surface area contributed by atoms with Crippen molar-refractivity contribution in [2.75, 3.05) is 0 Å². The van der Waals surface area contributed by atoms with Crippen LogP contribution in [0.15, 0.2) is 46.7 Å². The Kier molecular flexibility index (Phi) is 4.33. The lowest BCUT2D eigenvalue weighted by Gasteiger charge is -2.09. The molecular formula is C14H17N3S. The van der Waals surface area contributed by atoms with Gasteiger partial charge in [-0.1, -0.05) is 19.1 Å². The van der Waals surface area contributed by atoms with Gasteiger partial charge in [-0.05, 0) is 48.4 Å². The predicted octanol–water partition coefficient (Wildman–Crippen LogP) is 3.35. The first-order valence-corrected chi connectivity index (χ1v) is 6.82. The van der Waals surface area contributed by atoms with Crippen molar-refractivity contribution in [3.8, 4) is 0 Å². The molecule has 0 bridgehead atoms. The third-order valence-electron chi connectivity index (χ3n) is 2.71. The highest BCUT2D eigenvalue weighted by Gasteiger charge is 2.04. The van der Waals surface area contributed by atoms with Crippen molar-refractivity contribution in [3.05, 3.63) is 47.8 Å². The average molecular weight is 259 g/mol. The molecule has 94 valence electrons. The van der Waals surface area contributed by atoms with Crippen LogP contribution in [0.3, 0.4) is 0 Å². The Morgan fingerprint density at radius 1 is 1.17 bits per heavy atom. The van der Waals surface area contributed by atoms with Crippen LogP contribution in [0.4, 0.5) is 0 Å². The normalized spacial score (nSPS) is 12.4. The van der Waals surface area contributed by atoms with Gasteiger partial charge in [-0.2, -0.15) is 0 Å². The highest BCUT2D eigenvalue weighted by Crippen LogP contribution is 2.25. The monoisotopic (exact) mass is 259 g/mol. The van der Waals surface area contributed by atoms with Gasteiger partial charge in [0.05, 0.1) is 0 Å². The van der Waals surface area contributed by atoms with Crippen molar-refractivity contribution in [2.45, 2.75) is 36.4 Å². The van der Waals surface area contributed by atoms with Crippen LogP contribution < -0.4 is 5.73 Å². The van der Waals surface area contributed by atoms with Gasteiger partial charge >= 0.3 is 0 Å². The standard InChI is InChI=1S/C14H17N3S/c1-3-13(15)11-4-6-12(7-5-11)18-14-16-8-10(2)9-17-14/h4-9,13H,3,15H2,1-2H3/t13-/m1/s1. The van der Waals surface area contributed by atoms with Crippen LogP contribution >= 0.6 is 11.8 Å². The summed E-state index contributed by atoms with van der Waals surface area (Å²) in [6, 6.07) is 8.41. The molecule has 2 N–H and O–H groups in total. The van der Waals surface area contributed by atoms with E-state index in [4.69, 9.17) is 5.73 Å². The highest BCUT2D eigenvalue weighted by molar-refractivity contribution is 7.99. The van der Waals surface area contributed by atoms with E-state index in [0.717, 1.165) is 22.0 Å². The molecule has 3 nitrogen and oxygen atoms in total. The number of aryl methyl sites for hydroxylation is 1. The van der Waals surface area contributed by atoms with Gasteiger partial charge in [0.25, 0.3) is 0 Å². The Morgan fingerprint density at radius 3 is 2.33 bits per heavy atom. The number of benzene rings is 1. The van der Waals surface area contributed by atoms with Crippen LogP contribution in [-0.4, -0.2) is 9.97 Å². The molecule has 0 amide bonds. The lowest BCUT2D eigenvalue weighted by Crippen LogP contribution is -2.07. The Morgan fingerprint density at radius 2 is 1.78 bits per heavy atom. The minimum absolute atomic E-state index is 0.125. The predicted molar refractivity (Wildman–Crippen MR) is 74.6 cm³/mol. The zero-order chi connectivity index (χ0) is 13.0. The van der Waals surface area contributed by atoms with Gasteiger partial charge in [0.1, 0.15) is 0 Å². The molecule has 1 aromatic heterocycles. The Bertz CT molecular complexity index is 493. The smallest absolute Gasteiger partial charge is 0.192 e. The number of hydrogen-bond acceptors (Lipinski definition) is 4. The summed E-state index contributed by atoms with van der Waals surface area (Å²) < 4.78 is 0. The number of nitrogens with zero attached hydrogens (tertiary/aromatic N) is 2. The molecule has 0 fully saturated rings. The van der Waals surface area contributed by atoms with Gasteiger partial charge in [-0.3, -0.25) is 0 Å². The van der Waals surface area contributed by atoms with Gasteiger partial charge in [-0.25, -0.2) is 9.97 Å². The largest absolute Gasteiger partial charge is 0.324 e. The van der Waals surface area contributed by atoms with Crippen molar-refractivity contribution in [1.29, 1.82) is 0 Å². The van der Waals surface area contributed by atoms with Crippen LogP contribution in [0.5, 0.6) is 0 Å². The quantitative estimate of drug-likeness (QED) is 0.856. The third-order valence-corrected chi connectivity index (χ3v) is 3.62. The summed E-state index contributed by atoms with van der Waals surface area (Å²) in [5.74, 6) is 0. The maximum absolute atomic E-state index is 5.98. The van der Waals surface area contributed by atoms with Gasteiger partial charge in [0.15, 0.2) is 5.16 Å². The van der Waals surface area contributed by atoms with Crippen LogP contribution in [0.25, 0.3) is 0 Å². The summed E-state index contributed by atoms with van der Waals surface area (Å²) in [7, 11) is 0. The second-order valence-electron chi connectivity index (χ2n) is 4.23. The fourth-order valence-corrected chi connectivity index (χ4v) is 2.25. The molecule has 2 rings (SSSR count). The molecule has 0 saturated carbocycles. The fourth-order valence-electron chi connectivity index (χ4n) is 1.56. The van der Waals surface area contributed by atoms with E-state index in [0.29, 0.717) is 0 Å². The Labute approximate surface area is 112 Å². The van der Waals surface area contributed by atoms with E-state index in [1.165, 1.54) is 5.56 Å². The fraction of sp³-hybridized carbons (Fsp3) is 0.286. The first-order chi connectivity index (χ1) is 8.69. The first-order valence-electron chi connectivity index (χ1n) is 6.01. The van der Waals surface area contributed by atoms with Crippen molar-refractivity contribution >= 4 is 11.8 Å². The van der Waals surface area contributed by atoms with E-state index in [-0.39, 0.29) is 6.04 Å². The van der Waals surface area contributed by atoms with Crippen LogP contribution in [0.2, 0.25) is 0 Å². The van der Waals surface area contributed by atoms with E-state index < -0.39 is 0 Å². The summed E-state index contributed by atoms with van der Waals surface area (Å²) >= 11 is 1.56. The Balaban J connectivity index is 2.08. The van der Waals surface area contributed by atoms with Gasteiger partial charge in [0.2, 0.25) is 0 Å². The van der Waals surface area contributed by atoms with Crippen LogP contribution in [0.1, 0.15) is 30.5 Å². The van der Waals surface area contributed by atoms with E-state index in [1.54, 1.807) is 11.8 Å². The molecule has 0 radical (unpaired) electrons. The van der Waals surface area contributed by atoms with Crippen molar-refractivity contribution in [2.24, 2.45) is 5.73 Å². The molecule has 1 aromatic carbocycles. The van der Waals surface area contributed by atoms with Crippen molar-refractivity contribution < 1.29 is 0 Å². The molecule has 0 aliphatic heterocycles. The zero-order valence-electron chi connectivity index (χ0n) is 10.6. The molecule has 1 heterocycles. The number of hydrogen-bond donors (Lipinski definition) is 1. The maximum atomic E-state index is 5.98. The first kappa shape index (κ1) is 13.1. The number of nitrogens with two attached hydrogens (primary N) is 1.